The first-order valence-corrected chi connectivity index (χ1v) is 8.25. The van der Waals surface area contributed by atoms with Crippen LogP contribution in [-0.4, -0.2) is 48.2 Å². The summed E-state index contributed by atoms with van der Waals surface area (Å²) < 4.78 is 6.83. The fourth-order valence-corrected chi connectivity index (χ4v) is 3.39. The van der Waals surface area contributed by atoms with Gasteiger partial charge >= 0.3 is 0 Å². The van der Waals surface area contributed by atoms with E-state index < -0.39 is 0 Å². The van der Waals surface area contributed by atoms with Crippen LogP contribution in [0.25, 0.3) is 0 Å². The maximum absolute atomic E-state index is 5.89. The van der Waals surface area contributed by atoms with E-state index in [1.165, 1.54) is 0 Å². The number of halogens is 1. The van der Waals surface area contributed by atoms with Gasteiger partial charge in [-0.2, -0.15) is 0 Å². The highest BCUT2D eigenvalue weighted by Crippen LogP contribution is 2.34. The molecule has 0 bridgehead atoms. The summed E-state index contributed by atoms with van der Waals surface area (Å²) in [7, 11) is 1.88. The Bertz CT molecular complexity index is 501. The van der Waals surface area contributed by atoms with Crippen molar-refractivity contribution in [1.82, 2.24) is 14.9 Å². The van der Waals surface area contributed by atoms with Crippen molar-refractivity contribution >= 4 is 21.7 Å². The van der Waals surface area contributed by atoms with Crippen molar-refractivity contribution in [2.24, 2.45) is 0 Å². The second-order valence-corrected chi connectivity index (χ2v) is 7.14. The number of nitrogens with one attached hydrogen (secondary N) is 1. The molecule has 0 radical (unpaired) electrons. The normalized spacial score (nSPS) is 20.6. The molecule has 6 heteroatoms. The van der Waals surface area contributed by atoms with E-state index in [2.05, 4.69) is 58.8 Å². The van der Waals surface area contributed by atoms with Crippen LogP contribution in [0.3, 0.4) is 0 Å². The van der Waals surface area contributed by atoms with Crippen LogP contribution < -0.4 is 5.32 Å². The zero-order valence-corrected chi connectivity index (χ0v) is 15.1. The highest BCUT2D eigenvalue weighted by molar-refractivity contribution is 9.10. The number of hydrogen-bond acceptors (Lipinski definition) is 5. The number of hydrogen-bond donors (Lipinski definition) is 1. The van der Waals surface area contributed by atoms with E-state index in [4.69, 9.17) is 9.72 Å². The lowest BCUT2D eigenvalue weighted by Gasteiger charge is -2.32. The van der Waals surface area contributed by atoms with Gasteiger partial charge in [-0.05, 0) is 22.5 Å². The summed E-state index contributed by atoms with van der Waals surface area (Å²) in [6.45, 7) is 12.2. The maximum Gasteiger partial charge on any atom is 0.161 e. The Morgan fingerprint density at radius 1 is 1.38 bits per heavy atom. The molecule has 1 unspecified atom stereocenters. The van der Waals surface area contributed by atoms with Crippen LogP contribution in [0.2, 0.25) is 0 Å². The third-order valence-corrected chi connectivity index (χ3v) is 4.45. The fourth-order valence-electron chi connectivity index (χ4n) is 2.42. The summed E-state index contributed by atoms with van der Waals surface area (Å²) in [5, 5.41) is 3.15. The van der Waals surface area contributed by atoms with Crippen molar-refractivity contribution < 1.29 is 4.74 Å². The van der Waals surface area contributed by atoms with Crippen LogP contribution in [-0.2, 0) is 10.2 Å². The Balaban J connectivity index is 2.39. The monoisotopic (exact) mass is 356 g/mol. The standard InChI is InChI=1S/C15H25BrN4O/c1-6-20-7-8-21-10(9-20)13-18-12(15(2,3)4)11(16)14(17-5)19-13/h10H,6-9H2,1-5H3,(H,17,18,19). The molecule has 1 aliphatic rings. The predicted molar refractivity (Wildman–Crippen MR) is 88.8 cm³/mol. The molecule has 118 valence electrons. The summed E-state index contributed by atoms with van der Waals surface area (Å²) in [5.74, 6) is 1.59. The van der Waals surface area contributed by atoms with E-state index >= 15 is 0 Å². The van der Waals surface area contributed by atoms with Crippen LogP contribution in [0.4, 0.5) is 5.82 Å². The topological polar surface area (TPSA) is 50.3 Å². The van der Waals surface area contributed by atoms with Crippen molar-refractivity contribution in [2.75, 3.05) is 38.6 Å². The first kappa shape index (κ1) is 16.6. The first-order valence-electron chi connectivity index (χ1n) is 7.46. The summed E-state index contributed by atoms with van der Waals surface area (Å²) in [6, 6.07) is 0. The van der Waals surface area contributed by atoms with Crippen LogP contribution >= 0.6 is 15.9 Å². The molecule has 1 saturated heterocycles. The third-order valence-electron chi connectivity index (χ3n) is 3.70. The minimum absolute atomic E-state index is 0.0543. The number of rotatable bonds is 3. The van der Waals surface area contributed by atoms with E-state index in [1.54, 1.807) is 0 Å². The lowest BCUT2D eigenvalue weighted by atomic mass is 9.91. The molecular weight excluding hydrogens is 332 g/mol. The average Bonchev–Trinajstić information content (AvgIpc) is 2.46. The van der Waals surface area contributed by atoms with Gasteiger partial charge in [0.05, 0.1) is 16.8 Å². The number of likely N-dealkylation sites (N-methyl/N-ethyl adjacent to an activating group) is 1. The number of morpholine rings is 1. The van der Waals surface area contributed by atoms with Gasteiger partial charge in [-0.15, -0.1) is 0 Å². The summed E-state index contributed by atoms with van der Waals surface area (Å²) in [4.78, 5) is 11.8. The molecule has 0 spiro atoms. The zero-order valence-electron chi connectivity index (χ0n) is 13.5. The Hall–Kier alpha value is -0.720. The number of aromatic nitrogens is 2. The second kappa shape index (κ2) is 6.58. The van der Waals surface area contributed by atoms with E-state index in [1.807, 2.05) is 7.05 Å². The molecule has 2 heterocycles. The van der Waals surface area contributed by atoms with Crippen LogP contribution in [0.15, 0.2) is 4.47 Å². The molecule has 1 aromatic heterocycles. The SMILES string of the molecule is CCN1CCOC(c2nc(NC)c(Br)c(C(C)(C)C)n2)C1. The van der Waals surface area contributed by atoms with Crippen molar-refractivity contribution in [3.63, 3.8) is 0 Å². The highest BCUT2D eigenvalue weighted by atomic mass is 79.9. The Kier molecular flexibility index (Phi) is 5.22. The Morgan fingerprint density at radius 2 is 2.10 bits per heavy atom. The molecular formula is C15H25BrN4O. The largest absolute Gasteiger partial charge is 0.372 e. The number of anilines is 1. The van der Waals surface area contributed by atoms with E-state index in [-0.39, 0.29) is 11.5 Å². The minimum Gasteiger partial charge on any atom is -0.372 e. The molecule has 2 rings (SSSR count). The molecule has 1 aliphatic heterocycles. The smallest absolute Gasteiger partial charge is 0.161 e. The lowest BCUT2D eigenvalue weighted by Crippen LogP contribution is -2.39. The quantitative estimate of drug-likeness (QED) is 0.901. The fraction of sp³-hybridized carbons (Fsp3) is 0.733. The minimum atomic E-state index is -0.0556. The van der Waals surface area contributed by atoms with Crippen LogP contribution in [0, 0.1) is 0 Å². The van der Waals surface area contributed by atoms with Gasteiger partial charge in [-0.25, -0.2) is 9.97 Å². The molecule has 21 heavy (non-hydrogen) atoms. The Labute approximate surface area is 135 Å². The molecule has 1 fully saturated rings. The molecule has 5 nitrogen and oxygen atoms in total. The maximum atomic E-state index is 5.89. The lowest BCUT2D eigenvalue weighted by molar-refractivity contribution is -0.0326. The number of ether oxygens (including phenoxy) is 1. The number of nitrogens with zero attached hydrogens (tertiary/aromatic N) is 3. The van der Waals surface area contributed by atoms with Gasteiger partial charge < -0.3 is 10.1 Å². The molecule has 0 aliphatic carbocycles. The van der Waals surface area contributed by atoms with Gasteiger partial charge in [-0.1, -0.05) is 27.7 Å². The molecule has 1 atom stereocenters. The van der Waals surface area contributed by atoms with E-state index in [0.29, 0.717) is 0 Å². The molecule has 1 aromatic rings. The van der Waals surface area contributed by atoms with Gasteiger partial charge in [0.25, 0.3) is 0 Å². The Morgan fingerprint density at radius 3 is 2.67 bits per heavy atom. The average molecular weight is 357 g/mol. The molecule has 0 amide bonds. The zero-order chi connectivity index (χ0) is 15.6. The molecule has 0 saturated carbocycles. The first-order chi connectivity index (χ1) is 9.86. The van der Waals surface area contributed by atoms with E-state index in [0.717, 1.165) is 48.1 Å². The second-order valence-electron chi connectivity index (χ2n) is 6.35. The third kappa shape index (κ3) is 3.73. The molecule has 0 aromatic carbocycles. The van der Waals surface area contributed by atoms with Gasteiger partial charge in [0, 0.05) is 25.6 Å². The van der Waals surface area contributed by atoms with Crippen molar-refractivity contribution in [3.8, 4) is 0 Å². The van der Waals surface area contributed by atoms with Gasteiger partial charge in [-0.3, -0.25) is 4.90 Å². The molecule has 1 N–H and O–H groups in total. The van der Waals surface area contributed by atoms with Gasteiger partial charge in [0.1, 0.15) is 11.9 Å². The summed E-state index contributed by atoms with van der Waals surface area (Å²) in [6.07, 6.45) is -0.0556. The van der Waals surface area contributed by atoms with Gasteiger partial charge in [0.15, 0.2) is 5.82 Å². The summed E-state index contributed by atoms with van der Waals surface area (Å²) >= 11 is 3.62. The highest BCUT2D eigenvalue weighted by Gasteiger charge is 2.28. The van der Waals surface area contributed by atoms with Crippen molar-refractivity contribution in [3.05, 3.63) is 16.0 Å². The van der Waals surface area contributed by atoms with Crippen molar-refractivity contribution in [1.29, 1.82) is 0 Å². The van der Waals surface area contributed by atoms with Crippen LogP contribution in [0.1, 0.15) is 45.3 Å². The predicted octanol–water partition coefficient (Wildman–Crippen LogP) is 2.97. The van der Waals surface area contributed by atoms with Crippen molar-refractivity contribution in [2.45, 2.75) is 39.2 Å². The van der Waals surface area contributed by atoms with E-state index in [9.17, 15) is 0 Å². The van der Waals surface area contributed by atoms with Crippen LogP contribution in [0.5, 0.6) is 0 Å². The van der Waals surface area contributed by atoms with Gasteiger partial charge in [0.2, 0.25) is 0 Å². The summed E-state index contributed by atoms with van der Waals surface area (Å²) in [5.41, 5.74) is 0.954.